The summed E-state index contributed by atoms with van der Waals surface area (Å²) in [5.74, 6) is -0.422. The SMILES string of the molecule is C.CC.CC.CC1(C)O[C@H]2C=CC=C[C@H]2O1.CCC.CCC.O[C@@H]1C=CC=C[C@@H]1O. The largest absolute Gasteiger partial charge is 0.386 e. The van der Waals surface area contributed by atoms with Crippen LogP contribution in [0.1, 0.15) is 89.5 Å². The van der Waals surface area contributed by atoms with Crippen molar-refractivity contribution in [3.05, 3.63) is 48.6 Å². The smallest absolute Gasteiger partial charge is 0.164 e. The van der Waals surface area contributed by atoms with Crippen LogP contribution >= 0.6 is 0 Å². The number of fused-ring (bicyclic) bond motifs is 1. The summed E-state index contributed by atoms with van der Waals surface area (Å²) in [5.41, 5.74) is 0. The fourth-order valence-electron chi connectivity index (χ4n) is 2.05. The van der Waals surface area contributed by atoms with Crippen LogP contribution in [0.25, 0.3) is 0 Å². The Balaban J connectivity index is -0.000000158. The highest BCUT2D eigenvalue weighted by molar-refractivity contribution is 5.18. The molecule has 4 nitrogen and oxygen atoms in total. The Morgan fingerprint density at radius 3 is 1.10 bits per heavy atom. The Morgan fingerprint density at radius 2 is 0.867 bits per heavy atom. The Kier molecular flexibility index (Phi) is 29.0. The van der Waals surface area contributed by atoms with Crippen LogP contribution in [-0.2, 0) is 9.47 Å². The lowest BCUT2D eigenvalue weighted by Gasteiger charge is -2.15. The van der Waals surface area contributed by atoms with Gasteiger partial charge in [-0.05, 0) is 13.8 Å². The number of allylic oxidation sites excluding steroid dienone is 4. The molecule has 1 heterocycles. The van der Waals surface area contributed by atoms with Gasteiger partial charge in [-0.1, -0.05) is 124 Å². The third-order valence-corrected chi connectivity index (χ3v) is 2.95. The molecule has 4 heteroatoms. The molecule has 0 spiro atoms. The minimum Gasteiger partial charge on any atom is -0.386 e. The van der Waals surface area contributed by atoms with Crippen molar-refractivity contribution in [1.29, 1.82) is 0 Å². The third-order valence-electron chi connectivity index (χ3n) is 2.95. The van der Waals surface area contributed by atoms with Crippen molar-refractivity contribution in [2.45, 2.75) is 120 Å². The molecule has 0 bridgehead atoms. The fourth-order valence-corrected chi connectivity index (χ4v) is 2.05. The molecule has 2 aliphatic carbocycles. The van der Waals surface area contributed by atoms with Gasteiger partial charge in [0.1, 0.15) is 24.4 Å². The molecule has 2 N–H and O–H groups in total. The lowest BCUT2D eigenvalue weighted by molar-refractivity contribution is -0.138. The molecule has 4 atom stereocenters. The van der Waals surface area contributed by atoms with Crippen LogP contribution in [0.5, 0.6) is 0 Å². The maximum Gasteiger partial charge on any atom is 0.164 e. The van der Waals surface area contributed by atoms with E-state index in [2.05, 4.69) is 27.7 Å². The van der Waals surface area contributed by atoms with E-state index in [1.165, 1.54) is 12.8 Å². The first-order valence-electron chi connectivity index (χ1n) is 11.2. The molecule has 0 amide bonds. The first-order valence-corrected chi connectivity index (χ1v) is 11.2. The molecule has 30 heavy (non-hydrogen) atoms. The van der Waals surface area contributed by atoms with Crippen molar-refractivity contribution in [2.75, 3.05) is 0 Å². The van der Waals surface area contributed by atoms with E-state index < -0.39 is 18.0 Å². The Morgan fingerprint density at radius 1 is 0.633 bits per heavy atom. The topological polar surface area (TPSA) is 58.9 Å². The van der Waals surface area contributed by atoms with Gasteiger partial charge in [0.05, 0.1) is 0 Å². The van der Waals surface area contributed by atoms with Gasteiger partial charge in [-0.25, -0.2) is 0 Å². The van der Waals surface area contributed by atoms with Crippen molar-refractivity contribution in [2.24, 2.45) is 0 Å². The van der Waals surface area contributed by atoms with E-state index in [0.29, 0.717) is 0 Å². The minimum atomic E-state index is -0.708. The summed E-state index contributed by atoms with van der Waals surface area (Å²) in [4.78, 5) is 0. The van der Waals surface area contributed by atoms with Crippen LogP contribution in [0, 0.1) is 0 Å². The molecule has 0 aromatic heterocycles. The molecule has 0 aromatic carbocycles. The van der Waals surface area contributed by atoms with Gasteiger partial charge in [0, 0.05) is 0 Å². The van der Waals surface area contributed by atoms with Crippen molar-refractivity contribution >= 4 is 0 Å². The molecule has 0 radical (unpaired) electrons. The second kappa shape index (κ2) is 24.1. The second-order valence-corrected chi connectivity index (χ2v) is 6.50. The van der Waals surface area contributed by atoms with Crippen molar-refractivity contribution < 1.29 is 19.7 Å². The lowest BCUT2D eigenvalue weighted by atomic mass is 10.1. The van der Waals surface area contributed by atoms with E-state index in [1.807, 2.05) is 65.8 Å². The van der Waals surface area contributed by atoms with Gasteiger partial charge < -0.3 is 19.7 Å². The zero-order valence-electron chi connectivity index (χ0n) is 20.6. The first kappa shape index (κ1) is 36.2. The summed E-state index contributed by atoms with van der Waals surface area (Å²) in [6, 6.07) is 0. The lowest BCUT2D eigenvalue weighted by Crippen LogP contribution is -2.22. The Hall–Kier alpha value is -1.20. The highest BCUT2D eigenvalue weighted by Gasteiger charge is 2.38. The Labute approximate surface area is 188 Å². The quantitative estimate of drug-likeness (QED) is 0.436. The summed E-state index contributed by atoms with van der Waals surface area (Å²) in [6.45, 7) is 20.4. The number of rotatable bonds is 0. The van der Waals surface area contributed by atoms with Crippen molar-refractivity contribution in [3.63, 3.8) is 0 Å². The van der Waals surface area contributed by atoms with E-state index in [9.17, 15) is 0 Å². The molecule has 0 aromatic rings. The van der Waals surface area contributed by atoms with Gasteiger partial charge in [-0.2, -0.15) is 0 Å². The first-order chi connectivity index (χ1) is 13.8. The van der Waals surface area contributed by atoms with Gasteiger partial charge >= 0.3 is 0 Å². The van der Waals surface area contributed by atoms with Gasteiger partial charge in [0.2, 0.25) is 0 Å². The maximum absolute atomic E-state index is 8.79. The van der Waals surface area contributed by atoms with Crippen LogP contribution in [-0.4, -0.2) is 40.4 Å². The minimum absolute atomic E-state index is 0. The third kappa shape index (κ3) is 18.8. The van der Waals surface area contributed by atoms with Crippen LogP contribution < -0.4 is 0 Å². The predicted octanol–water partition coefficient (Wildman–Crippen LogP) is 6.99. The average molecular weight is 429 g/mol. The highest BCUT2D eigenvalue weighted by Crippen LogP contribution is 2.30. The molecule has 1 saturated heterocycles. The van der Waals surface area contributed by atoms with Crippen molar-refractivity contribution in [3.8, 4) is 0 Å². The molecule has 1 aliphatic heterocycles. The van der Waals surface area contributed by atoms with E-state index in [0.717, 1.165) is 0 Å². The van der Waals surface area contributed by atoms with Gasteiger partial charge in [-0.3, -0.25) is 0 Å². The molecule has 1 fully saturated rings. The van der Waals surface area contributed by atoms with E-state index in [1.54, 1.807) is 24.3 Å². The fraction of sp³-hybridized carbons (Fsp3) is 0.692. The predicted molar refractivity (Wildman–Crippen MR) is 134 cm³/mol. The molecule has 0 unspecified atom stereocenters. The molecule has 3 rings (SSSR count). The maximum atomic E-state index is 8.79. The van der Waals surface area contributed by atoms with Gasteiger partial charge in [-0.15, -0.1) is 0 Å². The van der Waals surface area contributed by atoms with Crippen molar-refractivity contribution in [1.82, 2.24) is 0 Å². The number of ether oxygens (including phenoxy) is 2. The van der Waals surface area contributed by atoms with E-state index in [-0.39, 0.29) is 19.6 Å². The van der Waals surface area contributed by atoms with Gasteiger partial charge in [0.25, 0.3) is 0 Å². The zero-order chi connectivity index (χ0) is 23.3. The molecule has 3 aliphatic rings. The van der Waals surface area contributed by atoms with Gasteiger partial charge in [0.15, 0.2) is 5.79 Å². The molecular weight excluding hydrogens is 376 g/mol. The summed E-state index contributed by atoms with van der Waals surface area (Å²) >= 11 is 0. The molecular formula is C26H52O4. The number of aliphatic hydroxyl groups is 2. The van der Waals surface area contributed by atoms with Crippen LogP contribution in [0.2, 0.25) is 0 Å². The van der Waals surface area contributed by atoms with Crippen LogP contribution in [0.4, 0.5) is 0 Å². The average Bonchev–Trinajstić information content (AvgIpc) is 3.03. The standard InChI is InChI=1S/C9H12O2.C6H8O2.2C3H8.2C2H6.CH4/c1-9(2)10-7-5-3-4-6-8(7)11-9;7-5-3-1-2-4-6(5)8;2*1-3-2;2*1-2;/h3-8H,1-2H3;1-8H;2*3H2,1-2H3;2*1-2H3;1H4/t7-,8+;5-,6+;;;;;. The second-order valence-electron chi connectivity index (χ2n) is 6.50. The zero-order valence-corrected chi connectivity index (χ0v) is 20.6. The number of hydrogen-bond acceptors (Lipinski definition) is 4. The highest BCUT2D eigenvalue weighted by atomic mass is 16.7. The van der Waals surface area contributed by atoms with E-state index in [4.69, 9.17) is 19.7 Å². The normalized spacial score (nSPS) is 25.5. The van der Waals surface area contributed by atoms with Crippen LogP contribution in [0.3, 0.4) is 0 Å². The molecule has 180 valence electrons. The summed E-state index contributed by atoms with van der Waals surface area (Å²) in [6.07, 6.45) is 15.9. The molecule has 0 saturated carbocycles. The number of aliphatic hydroxyl groups excluding tert-OH is 2. The summed E-state index contributed by atoms with van der Waals surface area (Å²) in [5, 5.41) is 17.6. The van der Waals surface area contributed by atoms with E-state index >= 15 is 0 Å². The number of hydrogen-bond donors (Lipinski definition) is 2. The Bertz CT molecular complexity index is 410. The van der Waals surface area contributed by atoms with Crippen LogP contribution in [0.15, 0.2) is 48.6 Å². The summed E-state index contributed by atoms with van der Waals surface area (Å²) in [7, 11) is 0. The summed E-state index contributed by atoms with van der Waals surface area (Å²) < 4.78 is 11.2. The monoisotopic (exact) mass is 428 g/mol.